The molecule has 2 aromatic rings. The van der Waals surface area contributed by atoms with E-state index in [0.717, 1.165) is 40.9 Å². The zero-order chi connectivity index (χ0) is 15.4. The SMILES string of the molecule is CCCn1cc(C(C)O)c2cc(OCC)c(OCC)cc21. The number of aliphatic hydroxyl groups excluding tert-OH is 1. The molecule has 0 aliphatic carbocycles. The third kappa shape index (κ3) is 3.16. The Morgan fingerprint density at radius 3 is 2.24 bits per heavy atom. The van der Waals surface area contributed by atoms with Gasteiger partial charge in [0.15, 0.2) is 11.5 Å². The summed E-state index contributed by atoms with van der Waals surface area (Å²) in [6.45, 7) is 9.97. The van der Waals surface area contributed by atoms with Crippen molar-refractivity contribution in [2.75, 3.05) is 13.2 Å². The summed E-state index contributed by atoms with van der Waals surface area (Å²) in [6.07, 6.45) is 2.57. The van der Waals surface area contributed by atoms with E-state index in [2.05, 4.69) is 11.5 Å². The summed E-state index contributed by atoms with van der Waals surface area (Å²) in [5, 5.41) is 11.0. The van der Waals surface area contributed by atoms with Crippen LogP contribution in [0.4, 0.5) is 0 Å². The standard InChI is InChI=1S/C17H25NO3/c1-5-8-18-11-14(12(4)19)13-9-16(20-6-2)17(21-7-3)10-15(13)18/h9-12,19H,5-8H2,1-4H3. The summed E-state index contributed by atoms with van der Waals surface area (Å²) in [6, 6.07) is 4.00. The second-order valence-electron chi connectivity index (χ2n) is 5.14. The fourth-order valence-electron chi connectivity index (χ4n) is 2.62. The van der Waals surface area contributed by atoms with Crippen molar-refractivity contribution in [3.8, 4) is 11.5 Å². The van der Waals surface area contributed by atoms with Gasteiger partial charge in [-0.25, -0.2) is 0 Å². The second-order valence-corrected chi connectivity index (χ2v) is 5.14. The van der Waals surface area contributed by atoms with Crippen molar-refractivity contribution in [3.63, 3.8) is 0 Å². The molecule has 1 aromatic heterocycles. The Balaban J connectivity index is 2.64. The van der Waals surface area contributed by atoms with Crippen LogP contribution in [0.5, 0.6) is 11.5 Å². The number of hydrogen-bond acceptors (Lipinski definition) is 3. The van der Waals surface area contributed by atoms with E-state index >= 15 is 0 Å². The van der Waals surface area contributed by atoms with Crippen LogP contribution in [0.25, 0.3) is 10.9 Å². The Labute approximate surface area is 126 Å². The number of aromatic nitrogens is 1. The lowest BCUT2D eigenvalue weighted by molar-refractivity contribution is 0.200. The number of rotatable bonds is 7. The third-order valence-electron chi connectivity index (χ3n) is 3.49. The van der Waals surface area contributed by atoms with E-state index in [4.69, 9.17) is 9.47 Å². The van der Waals surface area contributed by atoms with Gasteiger partial charge in [0.05, 0.1) is 24.8 Å². The van der Waals surface area contributed by atoms with Crippen LogP contribution >= 0.6 is 0 Å². The molecule has 1 heterocycles. The highest BCUT2D eigenvalue weighted by Crippen LogP contribution is 2.37. The highest BCUT2D eigenvalue weighted by Gasteiger charge is 2.16. The maximum Gasteiger partial charge on any atom is 0.163 e. The van der Waals surface area contributed by atoms with Crippen LogP contribution in [-0.4, -0.2) is 22.9 Å². The molecule has 4 heteroatoms. The van der Waals surface area contributed by atoms with E-state index in [1.54, 1.807) is 6.92 Å². The zero-order valence-electron chi connectivity index (χ0n) is 13.3. The molecule has 0 aliphatic rings. The molecule has 2 rings (SSSR count). The zero-order valence-corrected chi connectivity index (χ0v) is 13.3. The minimum Gasteiger partial charge on any atom is -0.490 e. The lowest BCUT2D eigenvalue weighted by Gasteiger charge is -2.12. The summed E-state index contributed by atoms with van der Waals surface area (Å²) in [7, 11) is 0. The number of fused-ring (bicyclic) bond motifs is 1. The van der Waals surface area contributed by atoms with Crippen LogP contribution in [0.15, 0.2) is 18.3 Å². The number of benzene rings is 1. The largest absolute Gasteiger partial charge is 0.490 e. The van der Waals surface area contributed by atoms with Crippen LogP contribution in [0, 0.1) is 0 Å². The normalized spacial score (nSPS) is 12.6. The fraction of sp³-hybridized carbons (Fsp3) is 0.529. The first kappa shape index (κ1) is 15.7. The van der Waals surface area contributed by atoms with Crippen molar-refractivity contribution in [1.82, 2.24) is 4.57 Å². The maximum atomic E-state index is 10.0. The summed E-state index contributed by atoms with van der Waals surface area (Å²) >= 11 is 0. The molecule has 21 heavy (non-hydrogen) atoms. The highest BCUT2D eigenvalue weighted by atomic mass is 16.5. The van der Waals surface area contributed by atoms with Crippen molar-refractivity contribution in [1.29, 1.82) is 0 Å². The van der Waals surface area contributed by atoms with Gasteiger partial charge in [-0.05, 0) is 33.3 Å². The smallest absolute Gasteiger partial charge is 0.163 e. The van der Waals surface area contributed by atoms with Crippen molar-refractivity contribution in [3.05, 3.63) is 23.9 Å². The van der Waals surface area contributed by atoms with Gasteiger partial charge in [0.25, 0.3) is 0 Å². The molecule has 1 unspecified atom stereocenters. The molecule has 0 bridgehead atoms. The average Bonchev–Trinajstić information content (AvgIpc) is 2.79. The first-order valence-electron chi connectivity index (χ1n) is 7.72. The van der Waals surface area contributed by atoms with Gasteiger partial charge in [-0.15, -0.1) is 0 Å². The van der Waals surface area contributed by atoms with Crippen LogP contribution in [0.1, 0.15) is 45.8 Å². The summed E-state index contributed by atoms with van der Waals surface area (Å²) in [5.41, 5.74) is 2.02. The fourth-order valence-corrected chi connectivity index (χ4v) is 2.62. The first-order valence-corrected chi connectivity index (χ1v) is 7.72. The minimum atomic E-state index is -0.502. The quantitative estimate of drug-likeness (QED) is 0.841. The van der Waals surface area contributed by atoms with Crippen LogP contribution in [0.3, 0.4) is 0 Å². The van der Waals surface area contributed by atoms with E-state index in [1.807, 2.05) is 32.2 Å². The summed E-state index contributed by atoms with van der Waals surface area (Å²) in [5.74, 6) is 1.50. The van der Waals surface area contributed by atoms with Gasteiger partial charge in [-0.1, -0.05) is 6.92 Å². The maximum absolute atomic E-state index is 10.0. The third-order valence-corrected chi connectivity index (χ3v) is 3.49. The first-order chi connectivity index (χ1) is 10.1. The molecule has 1 atom stereocenters. The second kappa shape index (κ2) is 6.85. The van der Waals surface area contributed by atoms with Gasteiger partial charge in [0.1, 0.15) is 0 Å². The molecule has 1 N–H and O–H groups in total. The van der Waals surface area contributed by atoms with E-state index in [9.17, 15) is 5.11 Å². The van der Waals surface area contributed by atoms with Crippen molar-refractivity contribution in [2.45, 2.75) is 46.8 Å². The molecule has 0 aliphatic heterocycles. The van der Waals surface area contributed by atoms with Crippen molar-refractivity contribution >= 4 is 10.9 Å². The van der Waals surface area contributed by atoms with Gasteiger partial charge in [-0.2, -0.15) is 0 Å². The van der Waals surface area contributed by atoms with Gasteiger partial charge in [0.2, 0.25) is 0 Å². The Morgan fingerprint density at radius 2 is 1.71 bits per heavy atom. The molecular formula is C17H25NO3. The molecule has 4 nitrogen and oxygen atoms in total. The minimum absolute atomic E-state index is 0.502. The average molecular weight is 291 g/mol. The Kier molecular flexibility index (Phi) is 5.12. The monoisotopic (exact) mass is 291 g/mol. The Bertz CT molecular complexity index is 602. The number of aryl methyl sites for hydroxylation is 1. The number of aliphatic hydroxyl groups is 1. The van der Waals surface area contributed by atoms with E-state index in [-0.39, 0.29) is 0 Å². The molecule has 1 aromatic carbocycles. The summed E-state index contributed by atoms with van der Waals surface area (Å²) < 4.78 is 13.6. The number of nitrogens with zero attached hydrogens (tertiary/aromatic N) is 1. The Hall–Kier alpha value is -1.68. The molecule has 0 amide bonds. The van der Waals surface area contributed by atoms with Gasteiger partial charge in [0, 0.05) is 29.8 Å². The predicted molar refractivity (Wildman–Crippen MR) is 85.2 cm³/mol. The van der Waals surface area contributed by atoms with E-state index < -0.39 is 6.10 Å². The van der Waals surface area contributed by atoms with Gasteiger partial charge in [-0.3, -0.25) is 0 Å². The lowest BCUT2D eigenvalue weighted by Crippen LogP contribution is -2.00. The topological polar surface area (TPSA) is 43.6 Å². The predicted octanol–water partition coefficient (Wildman–Crippen LogP) is 3.90. The number of ether oxygens (including phenoxy) is 2. The summed E-state index contributed by atoms with van der Waals surface area (Å²) in [4.78, 5) is 0. The van der Waals surface area contributed by atoms with E-state index in [1.165, 1.54) is 0 Å². The molecule has 0 fully saturated rings. The van der Waals surface area contributed by atoms with Crippen molar-refractivity contribution in [2.24, 2.45) is 0 Å². The van der Waals surface area contributed by atoms with Crippen molar-refractivity contribution < 1.29 is 14.6 Å². The van der Waals surface area contributed by atoms with Crippen LogP contribution in [-0.2, 0) is 6.54 Å². The molecular weight excluding hydrogens is 266 g/mol. The van der Waals surface area contributed by atoms with Crippen LogP contribution < -0.4 is 9.47 Å². The highest BCUT2D eigenvalue weighted by molar-refractivity contribution is 5.87. The lowest BCUT2D eigenvalue weighted by atomic mass is 10.1. The number of hydrogen-bond donors (Lipinski definition) is 1. The molecule has 0 radical (unpaired) electrons. The van der Waals surface area contributed by atoms with Crippen LogP contribution in [0.2, 0.25) is 0 Å². The molecule has 0 spiro atoms. The molecule has 0 saturated heterocycles. The van der Waals surface area contributed by atoms with Gasteiger partial charge < -0.3 is 19.1 Å². The molecule has 116 valence electrons. The van der Waals surface area contributed by atoms with Gasteiger partial charge >= 0.3 is 0 Å². The Morgan fingerprint density at radius 1 is 1.10 bits per heavy atom. The molecule has 0 saturated carbocycles. The van der Waals surface area contributed by atoms with E-state index in [0.29, 0.717) is 13.2 Å².